The van der Waals surface area contributed by atoms with E-state index in [0.29, 0.717) is 5.76 Å². The maximum absolute atomic E-state index is 10.7. The number of carbonyl (C=O) groups is 1. The van der Waals surface area contributed by atoms with Gasteiger partial charge < -0.3 is 10.1 Å². The molecule has 0 aromatic heterocycles. The summed E-state index contributed by atoms with van der Waals surface area (Å²) in [5.41, 5.74) is 0. The molecule has 0 heterocycles. The first-order valence-corrected chi connectivity index (χ1v) is 3.16. The van der Waals surface area contributed by atoms with Gasteiger partial charge in [0.05, 0.1) is 5.76 Å². The number of nitrogens with one attached hydrogen (secondary N) is 1. The second-order valence-corrected chi connectivity index (χ2v) is 2.39. The summed E-state index contributed by atoms with van der Waals surface area (Å²) >= 11 is 0. The van der Waals surface area contributed by atoms with E-state index in [2.05, 4.69) is 16.6 Å². The van der Waals surface area contributed by atoms with E-state index >= 15 is 0 Å². The molecule has 0 aliphatic carbocycles. The van der Waals surface area contributed by atoms with Crippen molar-refractivity contribution >= 4 is 6.09 Å². The van der Waals surface area contributed by atoms with Gasteiger partial charge in [-0.1, -0.05) is 6.58 Å². The van der Waals surface area contributed by atoms with Gasteiger partial charge in [-0.15, -0.1) is 0 Å². The average Bonchev–Trinajstić information content (AvgIpc) is 1.58. The summed E-state index contributed by atoms with van der Waals surface area (Å²) in [4.78, 5) is 10.7. The molecule has 1 N–H and O–H groups in total. The van der Waals surface area contributed by atoms with Gasteiger partial charge in [-0.05, 0) is 20.8 Å². The fourth-order valence-corrected chi connectivity index (χ4v) is 0.423. The van der Waals surface area contributed by atoms with E-state index in [0.717, 1.165) is 0 Å². The number of hydrogen-bond acceptors (Lipinski definition) is 2. The molecular formula is C7H15NO2. The Hall–Kier alpha value is -0.990. The Morgan fingerprint density at radius 2 is 2.20 bits per heavy atom. The zero-order valence-corrected chi connectivity index (χ0v) is 6.60. The van der Waals surface area contributed by atoms with Gasteiger partial charge >= 0.3 is 6.09 Å². The van der Waals surface area contributed by atoms with Crippen LogP contribution in [0.2, 0.25) is 0 Å². The van der Waals surface area contributed by atoms with Crippen molar-refractivity contribution in [2.75, 3.05) is 0 Å². The molecule has 0 unspecified atom stereocenters. The third-order valence-corrected chi connectivity index (χ3v) is 0.673. The van der Waals surface area contributed by atoms with Crippen molar-refractivity contribution in [3.8, 4) is 0 Å². The minimum atomic E-state index is -0.442. The Kier molecular flexibility index (Phi) is 3.54. The lowest BCUT2D eigenvalue weighted by atomic mass is 10.4. The minimum absolute atomic E-state index is 0. The summed E-state index contributed by atoms with van der Waals surface area (Å²) in [6.07, 6.45) is -0.442. The number of allylic oxidation sites excluding steroid dienone is 1. The van der Waals surface area contributed by atoms with Crippen molar-refractivity contribution in [3.63, 3.8) is 0 Å². The summed E-state index contributed by atoms with van der Waals surface area (Å²) in [5, 5.41) is 2.55. The molecule has 0 aliphatic heterocycles. The van der Waals surface area contributed by atoms with E-state index < -0.39 is 6.09 Å². The maximum atomic E-state index is 10.7. The molecule has 0 aromatic rings. The molecule has 0 aromatic carbocycles. The molecule has 10 heavy (non-hydrogen) atoms. The zero-order valence-electron chi connectivity index (χ0n) is 6.60. The topological polar surface area (TPSA) is 38.3 Å². The number of amides is 1. The van der Waals surface area contributed by atoms with Gasteiger partial charge in [-0.2, -0.15) is 0 Å². The monoisotopic (exact) mass is 145 g/mol. The van der Waals surface area contributed by atoms with Gasteiger partial charge in [0.15, 0.2) is 0 Å². The Bertz CT molecular complexity index is 145. The van der Waals surface area contributed by atoms with E-state index in [4.69, 9.17) is 0 Å². The van der Waals surface area contributed by atoms with E-state index in [1.165, 1.54) is 0 Å². The van der Waals surface area contributed by atoms with Crippen LogP contribution in [-0.2, 0) is 4.74 Å². The minimum Gasteiger partial charge on any atom is -0.416 e. The van der Waals surface area contributed by atoms with Crippen molar-refractivity contribution in [2.24, 2.45) is 0 Å². The predicted molar refractivity (Wildman–Crippen MR) is 41.7 cm³/mol. The fourth-order valence-electron chi connectivity index (χ4n) is 0.423. The highest BCUT2D eigenvalue weighted by Crippen LogP contribution is 1.90. The van der Waals surface area contributed by atoms with Crippen molar-refractivity contribution in [1.82, 2.24) is 5.32 Å². The van der Waals surface area contributed by atoms with Crippen molar-refractivity contribution in [2.45, 2.75) is 26.8 Å². The number of carbonyl (C=O) groups excluding carboxylic acids is 1. The Balaban J connectivity index is 0. The van der Waals surface area contributed by atoms with Crippen LogP contribution in [-0.4, -0.2) is 12.1 Å². The number of alkyl carbamates (subject to hydrolysis) is 1. The van der Waals surface area contributed by atoms with Crippen LogP contribution < -0.4 is 5.32 Å². The van der Waals surface area contributed by atoms with Gasteiger partial charge in [0.1, 0.15) is 0 Å². The fraction of sp³-hybridized carbons (Fsp3) is 0.571. The second kappa shape index (κ2) is 3.93. The van der Waals surface area contributed by atoms with E-state index in [-0.39, 0.29) is 7.47 Å². The van der Waals surface area contributed by atoms with E-state index in [9.17, 15) is 4.79 Å². The zero-order chi connectivity index (χ0) is 8.15. The van der Waals surface area contributed by atoms with Gasteiger partial charge in [-0.3, -0.25) is 0 Å². The summed E-state index contributed by atoms with van der Waals surface area (Å²) < 4.78 is 4.62. The third kappa shape index (κ3) is 5.15. The first-order chi connectivity index (χ1) is 4.52. The number of hydrogen-bond donors (Lipinski definition) is 1. The summed E-state index contributed by atoms with van der Waals surface area (Å²) in [5.74, 6) is 0.401. The van der Waals surface area contributed by atoms with Crippen LogP contribution in [0.25, 0.3) is 0 Å². The highest BCUT2D eigenvalue weighted by Gasteiger charge is 2.02. The normalized spacial score (nSPS) is 9.20. The second-order valence-electron chi connectivity index (χ2n) is 2.39. The van der Waals surface area contributed by atoms with Crippen LogP contribution in [0.5, 0.6) is 0 Å². The lowest BCUT2D eigenvalue weighted by molar-refractivity contribution is 0.174. The lowest BCUT2D eigenvalue weighted by Crippen LogP contribution is -2.30. The van der Waals surface area contributed by atoms with Crippen molar-refractivity contribution < 1.29 is 11.0 Å². The molecule has 0 radical (unpaired) electrons. The third-order valence-electron chi connectivity index (χ3n) is 0.673. The Morgan fingerprint density at radius 3 is 2.50 bits per heavy atom. The average molecular weight is 145 g/mol. The lowest BCUT2D eigenvalue weighted by Gasteiger charge is -2.07. The van der Waals surface area contributed by atoms with Crippen LogP contribution in [0.4, 0.5) is 4.79 Å². The van der Waals surface area contributed by atoms with Crippen molar-refractivity contribution in [3.05, 3.63) is 12.3 Å². The molecule has 0 atom stereocenters. The predicted octanol–water partition coefficient (Wildman–Crippen LogP) is 1.90. The SMILES string of the molecule is C=C(C)OC(=O)NC(C)C.[HH]. The molecule has 0 rings (SSSR count). The summed E-state index contributed by atoms with van der Waals surface area (Å²) in [7, 11) is 0. The molecule has 0 fully saturated rings. The Morgan fingerprint density at radius 1 is 1.70 bits per heavy atom. The van der Waals surface area contributed by atoms with Gasteiger partial charge in [-0.25, -0.2) is 4.79 Å². The molecule has 60 valence electrons. The standard InChI is InChI=1S/C7H13NO2.H2/c1-5(2)8-7(9)10-6(3)4;/h5H,3H2,1-2,4H3,(H,8,9);1H. The summed E-state index contributed by atoms with van der Waals surface area (Å²) in [6, 6.07) is 0.104. The number of ether oxygens (including phenoxy) is 1. The molecule has 0 saturated carbocycles. The highest BCUT2D eigenvalue weighted by atomic mass is 16.6. The first kappa shape index (κ1) is 9.01. The van der Waals surface area contributed by atoms with E-state index in [1.807, 2.05) is 13.8 Å². The quantitative estimate of drug-likeness (QED) is 0.603. The largest absolute Gasteiger partial charge is 0.416 e. The van der Waals surface area contributed by atoms with Crippen LogP contribution in [0.3, 0.4) is 0 Å². The molecule has 0 spiro atoms. The molecule has 3 nitrogen and oxygen atoms in total. The molecule has 1 amide bonds. The van der Waals surface area contributed by atoms with Crippen LogP contribution in [0.15, 0.2) is 12.3 Å². The first-order valence-electron chi connectivity index (χ1n) is 3.16. The van der Waals surface area contributed by atoms with Gasteiger partial charge in [0, 0.05) is 7.47 Å². The molecule has 0 aliphatic rings. The molecule has 0 saturated heterocycles. The van der Waals surface area contributed by atoms with Gasteiger partial charge in [0.2, 0.25) is 0 Å². The Labute approximate surface area is 62.5 Å². The van der Waals surface area contributed by atoms with Crippen molar-refractivity contribution in [1.29, 1.82) is 0 Å². The molecular weight excluding hydrogens is 130 g/mol. The number of rotatable bonds is 2. The highest BCUT2D eigenvalue weighted by molar-refractivity contribution is 5.68. The molecule has 3 heteroatoms. The van der Waals surface area contributed by atoms with Crippen LogP contribution in [0.1, 0.15) is 22.2 Å². The van der Waals surface area contributed by atoms with Crippen LogP contribution >= 0.6 is 0 Å². The van der Waals surface area contributed by atoms with E-state index in [1.54, 1.807) is 6.92 Å². The van der Waals surface area contributed by atoms with Gasteiger partial charge in [0.25, 0.3) is 0 Å². The maximum Gasteiger partial charge on any atom is 0.412 e. The smallest absolute Gasteiger partial charge is 0.412 e. The summed E-state index contributed by atoms with van der Waals surface area (Å²) in [6.45, 7) is 8.77. The van der Waals surface area contributed by atoms with Crippen LogP contribution in [0, 0.1) is 0 Å². The molecule has 0 bridgehead atoms.